The van der Waals surface area contributed by atoms with Gasteiger partial charge >= 0.3 is 6.18 Å². The number of nitrogens with zero attached hydrogens (tertiary/aromatic N) is 1. The van der Waals surface area contributed by atoms with Crippen LogP contribution in [0.2, 0.25) is 0 Å². The third-order valence-corrected chi connectivity index (χ3v) is 3.25. The van der Waals surface area contributed by atoms with E-state index in [-0.39, 0.29) is 5.75 Å². The van der Waals surface area contributed by atoms with E-state index in [1.807, 2.05) is 13.0 Å². The standard InChI is InChI=1S/C17H26F3N3O2/c1-4-24-9-5-8-22-16(21-3)23-11-14-7-6-13(2)10-15(14)25-12-17(18,19)20/h6-7,10H,4-5,8-9,11-12H2,1-3H3,(H2,21,22,23). The number of benzene rings is 1. The van der Waals surface area contributed by atoms with Crippen LogP contribution in [-0.2, 0) is 11.3 Å². The molecule has 1 aromatic rings. The number of guanidine groups is 1. The van der Waals surface area contributed by atoms with Gasteiger partial charge in [-0.3, -0.25) is 4.99 Å². The fourth-order valence-electron chi connectivity index (χ4n) is 2.03. The molecule has 142 valence electrons. The number of aliphatic imine (C=N–C) groups is 1. The molecule has 2 N–H and O–H groups in total. The fourth-order valence-corrected chi connectivity index (χ4v) is 2.03. The molecule has 0 atom stereocenters. The zero-order valence-electron chi connectivity index (χ0n) is 14.9. The first-order chi connectivity index (χ1) is 11.9. The van der Waals surface area contributed by atoms with E-state index in [0.717, 1.165) is 12.0 Å². The van der Waals surface area contributed by atoms with Gasteiger partial charge in [0.1, 0.15) is 5.75 Å². The van der Waals surface area contributed by atoms with Crippen LogP contribution in [0.4, 0.5) is 13.2 Å². The first-order valence-electron chi connectivity index (χ1n) is 8.17. The highest BCUT2D eigenvalue weighted by Gasteiger charge is 2.28. The van der Waals surface area contributed by atoms with Crippen LogP contribution in [0.1, 0.15) is 24.5 Å². The zero-order valence-corrected chi connectivity index (χ0v) is 14.9. The molecule has 1 aromatic carbocycles. The minimum Gasteiger partial charge on any atom is -0.484 e. The van der Waals surface area contributed by atoms with Gasteiger partial charge in [0, 0.05) is 38.9 Å². The Kier molecular flexibility index (Phi) is 9.12. The lowest BCUT2D eigenvalue weighted by molar-refractivity contribution is -0.153. The number of hydrogen-bond donors (Lipinski definition) is 2. The van der Waals surface area contributed by atoms with Crippen LogP contribution in [-0.4, -0.2) is 45.5 Å². The van der Waals surface area contributed by atoms with Crippen molar-refractivity contribution in [2.45, 2.75) is 33.0 Å². The molecule has 0 bridgehead atoms. The Hall–Kier alpha value is -1.96. The van der Waals surface area contributed by atoms with Gasteiger partial charge in [-0.15, -0.1) is 0 Å². The maximum Gasteiger partial charge on any atom is 0.422 e. The molecule has 25 heavy (non-hydrogen) atoms. The van der Waals surface area contributed by atoms with Crippen molar-refractivity contribution in [3.05, 3.63) is 29.3 Å². The molecule has 0 fully saturated rings. The SMILES string of the molecule is CCOCCCNC(=NC)NCc1ccc(C)cc1OCC(F)(F)F. The molecular formula is C17H26F3N3O2. The lowest BCUT2D eigenvalue weighted by Gasteiger charge is -2.16. The van der Waals surface area contributed by atoms with E-state index in [1.54, 1.807) is 26.1 Å². The van der Waals surface area contributed by atoms with E-state index < -0.39 is 12.8 Å². The lowest BCUT2D eigenvalue weighted by Crippen LogP contribution is -2.37. The van der Waals surface area contributed by atoms with Crippen molar-refractivity contribution in [1.82, 2.24) is 10.6 Å². The van der Waals surface area contributed by atoms with Crippen molar-refractivity contribution in [3.63, 3.8) is 0 Å². The Morgan fingerprint density at radius 3 is 2.64 bits per heavy atom. The van der Waals surface area contributed by atoms with Crippen molar-refractivity contribution < 1.29 is 22.6 Å². The molecule has 1 rings (SSSR count). The first kappa shape index (κ1) is 21.1. The molecule has 0 spiro atoms. The van der Waals surface area contributed by atoms with Gasteiger partial charge in [0.25, 0.3) is 0 Å². The highest BCUT2D eigenvalue weighted by Crippen LogP contribution is 2.23. The second-order valence-corrected chi connectivity index (χ2v) is 5.42. The van der Waals surface area contributed by atoms with E-state index in [9.17, 15) is 13.2 Å². The second kappa shape index (κ2) is 10.8. The molecular weight excluding hydrogens is 335 g/mol. The summed E-state index contributed by atoms with van der Waals surface area (Å²) in [4.78, 5) is 4.09. The van der Waals surface area contributed by atoms with E-state index in [4.69, 9.17) is 9.47 Å². The summed E-state index contributed by atoms with van der Waals surface area (Å²) >= 11 is 0. The molecule has 0 unspecified atom stereocenters. The maximum absolute atomic E-state index is 12.4. The van der Waals surface area contributed by atoms with Crippen LogP contribution in [0.5, 0.6) is 5.75 Å². The van der Waals surface area contributed by atoms with Crippen LogP contribution in [0.25, 0.3) is 0 Å². The van der Waals surface area contributed by atoms with Crippen molar-refractivity contribution in [2.75, 3.05) is 33.4 Å². The predicted molar refractivity (Wildman–Crippen MR) is 92.0 cm³/mol. The molecule has 0 aliphatic rings. The summed E-state index contributed by atoms with van der Waals surface area (Å²) in [5.74, 6) is 0.787. The van der Waals surface area contributed by atoms with Crippen LogP contribution < -0.4 is 15.4 Å². The van der Waals surface area contributed by atoms with Gasteiger partial charge < -0.3 is 20.1 Å². The third-order valence-electron chi connectivity index (χ3n) is 3.25. The van der Waals surface area contributed by atoms with E-state index >= 15 is 0 Å². The van der Waals surface area contributed by atoms with Gasteiger partial charge in [-0.05, 0) is 31.9 Å². The Bertz CT molecular complexity index is 548. The summed E-state index contributed by atoms with van der Waals surface area (Å²) in [5.41, 5.74) is 1.46. The molecule has 0 amide bonds. The van der Waals surface area contributed by atoms with Crippen molar-refractivity contribution in [1.29, 1.82) is 0 Å². The molecule has 0 saturated carbocycles. The third kappa shape index (κ3) is 9.19. The van der Waals surface area contributed by atoms with E-state index in [1.165, 1.54) is 0 Å². The molecule has 8 heteroatoms. The Balaban J connectivity index is 2.56. The largest absolute Gasteiger partial charge is 0.484 e. The maximum atomic E-state index is 12.4. The Morgan fingerprint density at radius 1 is 1.24 bits per heavy atom. The van der Waals surface area contributed by atoms with Crippen LogP contribution >= 0.6 is 0 Å². The normalized spacial score (nSPS) is 12.2. The predicted octanol–water partition coefficient (Wildman–Crippen LogP) is 3.03. The monoisotopic (exact) mass is 361 g/mol. The molecule has 0 aliphatic carbocycles. The molecule has 0 aliphatic heterocycles. The van der Waals surface area contributed by atoms with Crippen molar-refractivity contribution in [2.24, 2.45) is 4.99 Å². The topological polar surface area (TPSA) is 54.9 Å². The summed E-state index contributed by atoms with van der Waals surface area (Å²) in [6, 6.07) is 5.17. The summed E-state index contributed by atoms with van der Waals surface area (Å²) < 4.78 is 47.4. The number of aryl methyl sites for hydroxylation is 1. The zero-order chi connectivity index (χ0) is 18.7. The number of nitrogens with one attached hydrogen (secondary N) is 2. The lowest BCUT2D eigenvalue weighted by atomic mass is 10.1. The number of rotatable bonds is 9. The summed E-state index contributed by atoms with van der Waals surface area (Å²) in [6.07, 6.45) is -3.54. The molecule has 5 nitrogen and oxygen atoms in total. The fraction of sp³-hybridized carbons (Fsp3) is 0.588. The van der Waals surface area contributed by atoms with Crippen molar-refractivity contribution in [3.8, 4) is 5.75 Å². The van der Waals surface area contributed by atoms with Crippen LogP contribution in [0, 0.1) is 6.92 Å². The average Bonchev–Trinajstić information content (AvgIpc) is 2.56. The van der Waals surface area contributed by atoms with Gasteiger partial charge in [-0.1, -0.05) is 12.1 Å². The summed E-state index contributed by atoms with van der Waals surface area (Å²) in [7, 11) is 1.63. The molecule has 0 heterocycles. The number of alkyl halides is 3. The Morgan fingerprint density at radius 2 is 2.00 bits per heavy atom. The van der Waals surface area contributed by atoms with Gasteiger partial charge in [-0.25, -0.2) is 0 Å². The highest BCUT2D eigenvalue weighted by molar-refractivity contribution is 5.79. The van der Waals surface area contributed by atoms with Crippen LogP contribution in [0.15, 0.2) is 23.2 Å². The molecule has 0 aromatic heterocycles. The quantitative estimate of drug-likeness (QED) is 0.403. The average molecular weight is 361 g/mol. The van der Waals surface area contributed by atoms with Crippen LogP contribution in [0.3, 0.4) is 0 Å². The number of hydrogen-bond acceptors (Lipinski definition) is 3. The highest BCUT2D eigenvalue weighted by atomic mass is 19.4. The second-order valence-electron chi connectivity index (χ2n) is 5.42. The van der Waals surface area contributed by atoms with E-state index in [2.05, 4.69) is 15.6 Å². The van der Waals surface area contributed by atoms with Gasteiger partial charge in [-0.2, -0.15) is 13.2 Å². The van der Waals surface area contributed by atoms with Gasteiger partial charge in [0.15, 0.2) is 12.6 Å². The molecule has 0 saturated heterocycles. The summed E-state index contributed by atoms with van der Waals surface area (Å²) in [6.45, 7) is 4.76. The number of halogens is 3. The number of ether oxygens (including phenoxy) is 2. The smallest absolute Gasteiger partial charge is 0.422 e. The van der Waals surface area contributed by atoms with Crippen molar-refractivity contribution >= 4 is 5.96 Å². The minimum atomic E-state index is -4.37. The first-order valence-corrected chi connectivity index (χ1v) is 8.17. The molecule has 0 radical (unpaired) electrons. The van der Waals surface area contributed by atoms with E-state index in [0.29, 0.717) is 37.8 Å². The minimum absolute atomic E-state index is 0.219. The summed E-state index contributed by atoms with van der Waals surface area (Å²) in [5, 5.41) is 6.19. The Labute approximate surface area is 146 Å². The van der Waals surface area contributed by atoms with Gasteiger partial charge in [0.2, 0.25) is 0 Å². The van der Waals surface area contributed by atoms with Gasteiger partial charge in [0.05, 0.1) is 0 Å².